The minimum Gasteiger partial charge on any atom is -0.391 e. The number of aromatic nitrogens is 2. The Kier molecular flexibility index (Phi) is 2.75. The second-order valence-corrected chi connectivity index (χ2v) is 4.14. The van der Waals surface area contributed by atoms with Crippen molar-refractivity contribution in [2.24, 2.45) is 5.16 Å². The first kappa shape index (κ1) is 10.3. The predicted molar refractivity (Wildman–Crippen MR) is 66.0 cm³/mol. The molecule has 1 aliphatic heterocycles. The molecule has 3 heterocycles. The lowest BCUT2D eigenvalue weighted by atomic mass is 10.3. The number of hydrogen-bond donors (Lipinski definition) is 2. The Balaban J connectivity index is 1.69. The molecule has 17 heavy (non-hydrogen) atoms. The number of oxime groups is 1. The lowest BCUT2D eigenvalue weighted by Gasteiger charge is -2.03. The minimum atomic E-state index is 0.206. The van der Waals surface area contributed by atoms with Crippen molar-refractivity contribution in [3.8, 4) is 0 Å². The molecule has 2 aromatic heterocycles. The number of aromatic amines is 1. The van der Waals surface area contributed by atoms with Gasteiger partial charge in [0, 0.05) is 24.5 Å². The van der Waals surface area contributed by atoms with Crippen LogP contribution >= 0.6 is 0 Å². The standard InChI is InChI=1S/C12H14N4O/c1-3-14-8-12-9(1)5-10(16-12)6-15-17-11-2-4-13-7-11/h1,3,5-6,8,11,13,16H,2,4,7H2/b15-6+. The van der Waals surface area contributed by atoms with Crippen LogP contribution in [0.2, 0.25) is 0 Å². The third kappa shape index (κ3) is 2.29. The average molecular weight is 230 g/mol. The van der Waals surface area contributed by atoms with Crippen molar-refractivity contribution in [2.75, 3.05) is 13.1 Å². The number of rotatable bonds is 3. The van der Waals surface area contributed by atoms with Crippen molar-refractivity contribution in [3.05, 3.63) is 30.2 Å². The van der Waals surface area contributed by atoms with Gasteiger partial charge in [-0.25, -0.2) is 0 Å². The minimum absolute atomic E-state index is 0.206. The van der Waals surface area contributed by atoms with E-state index in [0.29, 0.717) is 0 Å². The van der Waals surface area contributed by atoms with E-state index >= 15 is 0 Å². The molecule has 88 valence electrons. The Bertz CT molecular complexity index is 495. The summed E-state index contributed by atoms with van der Waals surface area (Å²) in [4.78, 5) is 12.6. The summed E-state index contributed by atoms with van der Waals surface area (Å²) in [7, 11) is 0. The molecule has 2 aromatic rings. The van der Waals surface area contributed by atoms with E-state index in [2.05, 4.69) is 20.4 Å². The van der Waals surface area contributed by atoms with Gasteiger partial charge in [-0.05, 0) is 18.7 Å². The van der Waals surface area contributed by atoms with E-state index in [1.54, 1.807) is 18.6 Å². The molecule has 0 bridgehead atoms. The molecule has 1 saturated heterocycles. The van der Waals surface area contributed by atoms with Gasteiger partial charge in [0.1, 0.15) is 6.10 Å². The zero-order valence-electron chi connectivity index (χ0n) is 9.39. The van der Waals surface area contributed by atoms with Crippen LogP contribution in [0.4, 0.5) is 0 Å². The summed E-state index contributed by atoms with van der Waals surface area (Å²) in [5.41, 5.74) is 1.94. The number of H-pyrrole nitrogens is 1. The molecule has 0 aromatic carbocycles. The first-order chi connectivity index (χ1) is 8.42. The Morgan fingerprint density at radius 3 is 3.35 bits per heavy atom. The number of nitrogens with one attached hydrogen (secondary N) is 2. The van der Waals surface area contributed by atoms with Crippen LogP contribution < -0.4 is 5.32 Å². The molecule has 0 aliphatic carbocycles. The molecule has 0 radical (unpaired) electrons. The molecule has 3 rings (SSSR count). The number of hydrogen-bond acceptors (Lipinski definition) is 4. The molecule has 1 fully saturated rings. The Morgan fingerprint density at radius 2 is 2.53 bits per heavy atom. The molecule has 0 saturated carbocycles. The van der Waals surface area contributed by atoms with Crippen LogP contribution in [0.5, 0.6) is 0 Å². The van der Waals surface area contributed by atoms with E-state index in [9.17, 15) is 0 Å². The van der Waals surface area contributed by atoms with Gasteiger partial charge in [-0.3, -0.25) is 4.98 Å². The lowest BCUT2D eigenvalue weighted by molar-refractivity contribution is 0.0748. The van der Waals surface area contributed by atoms with Crippen molar-refractivity contribution in [1.29, 1.82) is 0 Å². The largest absolute Gasteiger partial charge is 0.391 e. The van der Waals surface area contributed by atoms with E-state index in [1.807, 2.05) is 12.1 Å². The Morgan fingerprint density at radius 1 is 1.53 bits per heavy atom. The lowest BCUT2D eigenvalue weighted by Crippen LogP contribution is -2.14. The molecular weight excluding hydrogens is 216 g/mol. The summed E-state index contributed by atoms with van der Waals surface area (Å²) in [5.74, 6) is 0. The second-order valence-electron chi connectivity index (χ2n) is 4.14. The summed E-state index contributed by atoms with van der Waals surface area (Å²) in [6, 6.07) is 3.99. The van der Waals surface area contributed by atoms with Crippen LogP contribution in [0, 0.1) is 0 Å². The van der Waals surface area contributed by atoms with Gasteiger partial charge in [-0.1, -0.05) is 5.16 Å². The van der Waals surface area contributed by atoms with Crippen molar-refractivity contribution < 1.29 is 4.84 Å². The van der Waals surface area contributed by atoms with E-state index in [-0.39, 0.29) is 6.10 Å². The first-order valence-corrected chi connectivity index (χ1v) is 5.74. The van der Waals surface area contributed by atoms with Crippen LogP contribution in [0.3, 0.4) is 0 Å². The van der Waals surface area contributed by atoms with E-state index in [1.165, 1.54) is 0 Å². The van der Waals surface area contributed by atoms with Crippen LogP contribution in [0.15, 0.2) is 29.7 Å². The highest BCUT2D eigenvalue weighted by Crippen LogP contribution is 2.12. The van der Waals surface area contributed by atoms with E-state index in [0.717, 1.165) is 36.1 Å². The smallest absolute Gasteiger partial charge is 0.141 e. The number of pyridine rings is 1. The highest BCUT2D eigenvalue weighted by Gasteiger charge is 2.14. The van der Waals surface area contributed by atoms with Gasteiger partial charge in [-0.2, -0.15) is 0 Å². The summed E-state index contributed by atoms with van der Waals surface area (Å²) in [6.45, 7) is 1.90. The molecular formula is C12H14N4O. The normalized spacial score (nSPS) is 20.4. The van der Waals surface area contributed by atoms with Crippen molar-refractivity contribution in [2.45, 2.75) is 12.5 Å². The van der Waals surface area contributed by atoms with Gasteiger partial charge in [0.15, 0.2) is 0 Å². The zero-order valence-corrected chi connectivity index (χ0v) is 9.39. The Hall–Kier alpha value is -1.88. The molecule has 0 spiro atoms. The topological polar surface area (TPSA) is 62.3 Å². The monoisotopic (exact) mass is 230 g/mol. The van der Waals surface area contributed by atoms with Crippen LogP contribution in [-0.4, -0.2) is 35.4 Å². The number of nitrogens with zero attached hydrogens (tertiary/aromatic N) is 2. The maximum absolute atomic E-state index is 5.37. The van der Waals surface area contributed by atoms with E-state index < -0.39 is 0 Å². The van der Waals surface area contributed by atoms with Crippen molar-refractivity contribution in [1.82, 2.24) is 15.3 Å². The van der Waals surface area contributed by atoms with Crippen molar-refractivity contribution >= 4 is 17.1 Å². The van der Waals surface area contributed by atoms with Crippen LogP contribution in [0.25, 0.3) is 10.9 Å². The summed E-state index contributed by atoms with van der Waals surface area (Å²) in [5, 5.41) is 8.36. The van der Waals surface area contributed by atoms with Gasteiger partial charge in [-0.15, -0.1) is 0 Å². The quantitative estimate of drug-likeness (QED) is 0.616. The predicted octanol–water partition coefficient (Wildman–Crippen LogP) is 1.28. The van der Waals surface area contributed by atoms with Crippen LogP contribution in [-0.2, 0) is 4.84 Å². The summed E-state index contributed by atoms with van der Waals surface area (Å²) >= 11 is 0. The summed E-state index contributed by atoms with van der Waals surface area (Å²) < 4.78 is 0. The fourth-order valence-electron chi connectivity index (χ4n) is 1.96. The highest BCUT2D eigenvalue weighted by molar-refractivity contribution is 5.88. The highest BCUT2D eigenvalue weighted by atomic mass is 16.6. The Labute approximate surface area is 98.9 Å². The third-order valence-electron chi connectivity index (χ3n) is 2.86. The first-order valence-electron chi connectivity index (χ1n) is 5.74. The molecule has 1 atom stereocenters. The fourth-order valence-corrected chi connectivity index (χ4v) is 1.96. The maximum Gasteiger partial charge on any atom is 0.141 e. The molecule has 0 amide bonds. The molecule has 2 N–H and O–H groups in total. The third-order valence-corrected chi connectivity index (χ3v) is 2.86. The van der Waals surface area contributed by atoms with Gasteiger partial charge in [0.05, 0.1) is 23.6 Å². The van der Waals surface area contributed by atoms with Crippen molar-refractivity contribution in [3.63, 3.8) is 0 Å². The molecule has 1 unspecified atom stereocenters. The molecule has 5 nitrogen and oxygen atoms in total. The second kappa shape index (κ2) is 4.55. The van der Waals surface area contributed by atoms with Gasteiger partial charge in [0.25, 0.3) is 0 Å². The zero-order chi connectivity index (χ0) is 11.5. The fraction of sp³-hybridized carbons (Fsp3) is 0.333. The van der Waals surface area contributed by atoms with E-state index in [4.69, 9.17) is 4.84 Å². The SMILES string of the molecule is C(=N\OC1CCNC1)/c1cc2ccncc2[nH]1. The number of fused-ring (bicyclic) bond motifs is 1. The van der Waals surface area contributed by atoms with Gasteiger partial charge < -0.3 is 15.1 Å². The van der Waals surface area contributed by atoms with Gasteiger partial charge >= 0.3 is 0 Å². The van der Waals surface area contributed by atoms with Crippen LogP contribution in [0.1, 0.15) is 12.1 Å². The molecule has 5 heteroatoms. The maximum atomic E-state index is 5.37. The summed E-state index contributed by atoms with van der Waals surface area (Å²) in [6.07, 6.45) is 6.51. The average Bonchev–Trinajstić information content (AvgIpc) is 2.96. The van der Waals surface area contributed by atoms with Gasteiger partial charge in [0.2, 0.25) is 0 Å². The molecule has 1 aliphatic rings.